The maximum Gasteiger partial charge on any atom is 0.247 e. The van der Waals surface area contributed by atoms with Crippen LogP contribution in [-0.2, 0) is 11.2 Å². The van der Waals surface area contributed by atoms with Gasteiger partial charge in [0.15, 0.2) is 0 Å². The second-order valence-corrected chi connectivity index (χ2v) is 6.11. The van der Waals surface area contributed by atoms with Crippen molar-refractivity contribution in [1.29, 1.82) is 0 Å². The summed E-state index contributed by atoms with van der Waals surface area (Å²) in [4.78, 5) is 12.0. The van der Waals surface area contributed by atoms with Crippen LogP contribution in [0, 0.1) is 0 Å². The number of hydrogen-bond donors (Lipinski definition) is 1. The van der Waals surface area contributed by atoms with Crippen LogP contribution in [0.1, 0.15) is 38.0 Å². The first-order valence-electron chi connectivity index (χ1n) is 8.66. The van der Waals surface area contributed by atoms with E-state index in [0.717, 1.165) is 24.2 Å². The van der Waals surface area contributed by atoms with Crippen molar-refractivity contribution in [3.8, 4) is 17.2 Å². The van der Waals surface area contributed by atoms with Gasteiger partial charge in [-0.05, 0) is 56.4 Å². The Bertz CT molecular complexity index is 735. The third kappa shape index (κ3) is 4.92. The van der Waals surface area contributed by atoms with Crippen LogP contribution in [0.15, 0.2) is 40.3 Å². The molecule has 1 aromatic carbocycles. The normalized spacial score (nSPS) is 14.0. The largest absolute Gasteiger partial charge is 0.497 e. The van der Waals surface area contributed by atoms with Crippen molar-refractivity contribution in [1.82, 2.24) is 15.5 Å². The van der Waals surface area contributed by atoms with Crippen molar-refractivity contribution < 1.29 is 13.9 Å². The van der Waals surface area contributed by atoms with Gasteiger partial charge in [0.05, 0.1) is 7.11 Å². The highest BCUT2D eigenvalue weighted by molar-refractivity contribution is 5.77. The molecule has 0 atom stereocenters. The summed E-state index contributed by atoms with van der Waals surface area (Å²) in [5, 5.41) is 10.9. The molecule has 1 aromatic heterocycles. The van der Waals surface area contributed by atoms with Crippen LogP contribution in [0.5, 0.6) is 5.75 Å². The number of ether oxygens (including phenoxy) is 1. The molecule has 0 radical (unpaired) electrons. The lowest BCUT2D eigenvalue weighted by Gasteiger charge is -2.12. The van der Waals surface area contributed by atoms with Crippen LogP contribution in [0.3, 0.4) is 0 Å². The predicted molar refractivity (Wildman–Crippen MR) is 94.2 cm³/mol. The molecule has 1 amide bonds. The summed E-state index contributed by atoms with van der Waals surface area (Å²) in [5.41, 5.74) is 2.25. The van der Waals surface area contributed by atoms with Gasteiger partial charge in [0.2, 0.25) is 17.7 Å². The van der Waals surface area contributed by atoms with Crippen molar-refractivity contribution in [3.05, 3.63) is 41.8 Å². The van der Waals surface area contributed by atoms with Gasteiger partial charge in [-0.15, -0.1) is 10.2 Å². The van der Waals surface area contributed by atoms with Gasteiger partial charge in [-0.1, -0.05) is 11.6 Å². The van der Waals surface area contributed by atoms with E-state index < -0.39 is 0 Å². The van der Waals surface area contributed by atoms with E-state index in [-0.39, 0.29) is 12.3 Å². The Balaban J connectivity index is 1.48. The molecule has 0 fully saturated rings. The number of aromatic nitrogens is 2. The number of amides is 1. The van der Waals surface area contributed by atoms with E-state index >= 15 is 0 Å². The zero-order valence-electron chi connectivity index (χ0n) is 14.5. The van der Waals surface area contributed by atoms with Crippen LogP contribution in [0.25, 0.3) is 11.5 Å². The average Bonchev–Trinajstić information content (AvgIpc) is 3.11. The second-order valence-electron chi connectivity index (χ2n) is 6.11. The minimum absolute atomic E-state index is 0.0960. The molecule has 2 aromatic rings. The van der Waals surface area contributed by atoms with Crippen molar-refractivity contribution in [2.75, 3.05) is 13.7 Å². The molecule has 3 rings (SSSR count). The Labute approximate surface area is 147 Å². The van der Waals surface area contributed by atoms with Gasteiger partial charge in [0.25, 0.3) is 0 Å². The molecule has 6 heteroatoms. The SMILES string of the molecule is COc1ccc(-c2nnc(CC(=O)NCCC3=CCCCC3)o2)cc1. The monoisotopic (exact) mass is 341 g/mol. The number of benzene rings is 1. The summed E-state index contributed by atoms with van der Waals surface area (Å²) in [6.07, 6.45) is 8.19. The fourth-order valence-electron chi connectivity index (χ4n) is 2.87. The van der Waals surface area contributed by atoms with Crippen LogP contribution in [0.2, 0.25) is 0 Å². The van der Waals surface area contributed by atoms with Crippen molar-refractivity contribution in [2.24, 2.45) is 0 Å². The molecule has 0 bridgehead atoms. The van der Waals surface area contributed by atoms with E-state index in [2.05, 4.69) is 21.6 Å². The highest BCUT2D eigenvalue weighted by Crippen LogP contribution is 2.21. The molecular formula is C19H23N3O3. The molecule has 6 nitrogen and oxygen atoms in total. The number of methoxy groups -OCH3 is 1. The minimum Gasteiger partial charge on any atom is -0.497 e. The number of carbonyl (C=O) groups excluding carboxylic acids is 1. The lowest BCUT2D eigenvalue weighted by molar-refractivity contribution is -0.120. The van der Waals surface area contributed by atoms with Crippen molar-refractivity contribution >= 4 is 5.91 Å². The molecule has 1 heterocycles. The van der Waals surface area contributed by atoms with Gasteiger partial charge in [-0.25, -0.2) is 0 Å². The van der Waals surface area contributed by atoms with Crippen LogP contribution in [0.4, 0.5) is 0 Å². The van der Waals surface area contributed by atoms with E-state index in [4.69, 9.17) is 9.15 Å². The third-order valence-electron chi connectivity index (χ3n) is 4.27. The minimum atomic E-state index is -0.0960. The summed E-state index contributed by atoms with van der Waals surface area (Å²) in [7, 11) is 1.61. The topological polar surface area (TPSA) is 77.2 Å². The van der Waals surface area contributed by atoms with Crippen LogP contribution < -0.4 is 10.1 Å². The molecule has 1 aliphatic rings. The van der Waals surface area contributed by atoms with Crippen molar-refractivity contribution in [2.45, 2.75) is 38.5 Å². The van der Waals surface area contributed by atoms with E-state index in [1.165, 1.54) is 24.8 Å². The lowest BCUT2D eigenvalue weighted by Crippen LogP contribution is -2.26. The molecule has 25 heavy (non-hydrogen) atoms. The number of hydrogen-bond acceptors (Lipinski definition) is 5. The molecule has 0 aliphatic heterocycles. The number of allylic oxidation sites excluding steroid dienone is 1. The zero-order chi connectivity index (χ0) is 17.5. The maximum absolute atomic E-state index is 12.0. The van der Waals surface area contributed by atoms with Gasteiger partial charge in [0.1, 0.15) is 12.2 Å². The summed E-state index contributed by atoms with van der Waals surface area (Å²) in [6, 6.07) is 7.33. The van der Waals surface area contributed by atoms with Crippen LogP contribution in [-0.4, -0.2) is 29.8 Å². The quantitative estimate of drug-likeness (QED) is 0.782. The summed E-state index contributed by atoms with van der Waals surface area (Å²) >= 11 is 0. The van der Waals surface area contributed by atoms with Gasteiger partial charge in [0, 0.05) is 12.1 Å². The maximum atomic E-state index is 12.0. The van der Waals surface area contributed by atoms with Gasteiger partial charge in [-0.3, -0.25) is 4.79 Å². The Hall–Kier alpha value is -2.63. The summed E-state index contributed by atoms with van der Waals surface area (Å²) in [6.45, 7) is 0.657. The predicted octanol–water partition coefficient (Wildman–Crippen LogP) is 3.29. The Morgan fingerprint density at radius 2 is 2.08 bits per heavy atom. The molecule has 132 valence electrons. The number of rotatable bonds is 7. The first-order valence-corrected chi connectivity index (χ1v) is 8.66. The smallest absolute Gasteiger partial charge is 0.247 e. The highest BCUT2D eigenvalue weighted by atomic mass is 16.5. The first-order chi connectivity index (χ1) is 12.2. The lowest BCUT2D eigenvalue weighted by atomic mass is 9.97. The van der Waals surface area contributed by atoms with E-state index in [1.54, 1.807) is 7.11 Å². The first kappa shape index (κ1) is 17.2. The highest BCUT2D eigenvalue weighted by Gasteiger charge is 2.12. The average molecular weight is 341 g/mol. The zero-order valence-corrected chi connectivity index (χ0v) is 14.5. The molecule has 0 saturated carbocycles. The molecule has 0 saturated heterocycles. The Morgan fingerprint density at radius 3 is 2.80 bits per heavy atom. The molecular weight excluding hydrogens is 318 g/mol. The molecule has 0 unspecified atom stereocenters. The Morgan fingerprint density at radius 1 is 1.24 bits per heavy atom. The Kier molecular flexibility index (Phi) is 5.82. The van der Waals surface area contributed by atoms with Crippen molar-refractivity contribution in [3.63, 3.8) is 0 Å². The molecule has 1 aliphatic carbocycles. The number of nitrogens with one attached hydrogen (secondary N) is 1. The second kappa shape index (κ2) is 8.46. The molecule has 0 spiro atoms. The van der Waals surface area contributed by atoms with Crippen LogP contribution >= 0.6 is 0 Å². The van der Waals surface area contributed by atoms with Gasteiger partial charge in [-0.2, -0.15) is 0 Å². The number of carbonyl (C=O) groups is 1. The number of nitrogens with zero attached hydrogens (tertiary/aromatic N) is 2. The van der Waals surface area contributed by atoms with E-state index in [0.29, 0.717) is 18.3 Å². The third-order valence-corrected chi connectivity index (χ3v) is 4.27. The van der Waals surface area contributed by atoms with Gasteiger partial charge < -0.3 is 14.5 Å². The van der Waals surface area contributed by atoms with E-state index in [1.807, 2.05) is 24.3 Å². The fourth-order valence-corrected chi connectivity index (χ4v) is 2.87. The standard InChI is InChI=1S/C19H23N3O3/c1-24-16-9-7-15(8-10-16)19-22-21-18(25-19)13-17(23)20-12-11-14-5-3-2-4-6-14/h5,7-10H,2-4,6,11-13H2,1H3,(H,20,23). The molecule has 1 N–H and O–H groups in total. The fraction of sp³-hybridized carbons (Fsp3) is 0.421. The summed E-state index contributed by atoms with van der Waals surface area (Å²) in [5.74, 6) is 1.38. The van der Waals surface area contributed by atoms with E-state index in [9.17, 15) is 4.79 Å². The van der Waals surface area contributed by atoms with Gasteiger partial charge >= 0.3 is 0 Å². The summed E-state index contributed by atoms with van der Waals surface area (Å²) < 4.78 is 10.7.